The highest BCUT2D eigenvalue weighted by molar-refractivity contribution is 7.19. The first kappa shape index (κ1) is 16.4. The second-order valence-electron chi connectivity index (χ2n) is 5.40. The molecule has 3 rings (SSSR count). The molecule has 6 nitrogen and oxygen atoms in total. The molecular formula is C17H16N2O4S. The van der Waals surface area contributed by atoms with Gasteiger partial charge in [0.05, 0.1) is 4.92 Å². The minimum atomic E-state index is -0.678. The Labute approximate surface area is 142 Å². The van der Waals surface area contributed by atoms with E-state index in [1.165, 1.54) is 29.5 Å². The number of nitro groups is 1. The van der Waals surface area contributed by atoms with Gasteiger partial charge >= 0.3 is 0 Å². The summed E-state index contributed by atoms with van der Waals surface area (Å²) in [6.45, 7) is 0.518. The van der Waals surface area contributed by atoms with Gasteiger partial charge in [0.2, 0.25) is 0 Å². The number of benzene rings is 2. The van der Waals surface area contributed by atoms with E-state index in [9.17, 15) is 20.3 Å². The van der Waals surface area contributed by atoms with Crippen molar-refractivity contribution >= 4 is 27.1 Å². The minimum absolute atomic E-state index is 0.00977. The van der Waals surface area contributed by atoms with Gasteiger partial charge in [0.15, 0.2) is 0 Å². The van der Waals surface area contributed by atoms with Crippen molar-refractivity contribution in [2.24, 2.45) is 0 Å². The van der Waals surface area contributed by atoms with E-state index >= 15 is 0 Å². The van der Waals surface area contributed by atoms with E-state index in [0.717, 1.165) is 15.0 Å². The Kier molecular flexibility index (Phi) is 4.75. The number of non-ortho nitro benzene ring substituents is 1. The number of fused-ring (bicyclic) bond motifs is 1. The molecule has 0 radical (unpaired) electrons. The summed E-state index contributed by atoms with van der Waals surface area (Å²) in [6, 6.07) is 13.8. The molecule has 0 saturated heterocycles. The van der Waals surface area contributed by atoms with E-state index in [0.29, 0.717) is 5.56 Å². The molecule has 3 N–H and O–H groups in total. The fraction of sp³-hybridized carbons (Fsp3) is 0.176. The van der Waals surface area contributed by atoms with Crippen molar-refractivity contribution in [3.8, 4) is 5.75 Å². The Hall–Kier alpha value is -2.48. The SMILES string of the molecule is O=[N+]([O-])c1ccc(O)c(CNCC(O)c2cc3ccccc3s2)c1. The van der Waals surface area contributed by atoms with Crippen LogP contribution in [0.2, 0.25) is 0 Å². The van der Waals surface area contributed by atoms with Gasteiger partial charge in [0.25, 0.3) is 5.69 Å². The maximum atomic E-state index is 10.8. The van der Waals surface area contributed by atoms with Gasteiger partial charge in [-0.25, -0.2) is 0 Å². The Balaban J connectivity index is 1.63. The lowest BCUT2D eigenvalue weighted by Crippen LogP contribution is -2.20. The molecular weight excluding hydrogens is 328 g/mol. The van der Waals surface area contributed by atoms with Crippen LogP contribution >= 0.6 is 11.3 Å². The number of thiophene rings is 1. The summed E-state index contributed by atoms with van der Waals surface area (Å²) in [6.07, 6.45) is -0.678. The van der Waals surface area contributed by atoms with E-state index < -0.39 is 11.0 Å². The van der Waals surface area contributed by atoms with E-state index in [4.69, 9.17) is 0 Å². The molecule has 1 aromatic heterocycles. The van der Waals surface area contributed by atoms with Gasteiger partial charge in [0, 0.05) is 40.4 Å². The Bertz CT molecular complexity index is 845. The van der Waals surface area contributed by atoms with Crippen LogP contribution in [0.3, 0.4) is 0 Å². The molecule has 0 amide bonds. The maximum Gasteiger partial charge on any atom is 0.270 e. The number of aliphatic hydroxyl groups excluding tert-OH is 1. The number of hydrogen-bond donors (Lipinski definition) is 3. The van der Waals surface area contributed by atoms with E-state index in [1.54, 1.807) is 0 Å². The van der Waals surface area contributed by atoms with E-state index in [1.807, 2.05) is 30.3 Å². The molecule has 0 aliphatic carbocycles. The molecule has 0 bridgehead atoms. The number of phenols is 1. The summed E-state index contributed by atoms with van der Waals surface area (Å²) in [5.74, 6) is -0.00977. The fourth-order valence-corrected chi connectivity index (χ4v) is 3.49. The molecule has 24 heavy (non-hydrogen) atoms. The third-order valence-corrected chi connectivity index (χ3v) is 4.92. The number of nitrogens with zero attached hydrogens (tertiary/aromatic N) is 1. The molecule has 124 valence electrons. The van der Waals surface area contributed by atoms with Gasteiger partial charge in [-0.05, 0) is 23.6 Å². The van der Waals surface area contributed by atoms with Gasteiger partial charge in [-0.2, -0.15) is 0 Å². The van der Waals surface area contributed by atoms with Crippen molar-refractivity contribution in [2.75, 3.05) is 6.54 Å². The number of phenolic OH excluding ortho intramolecular Hbond substituents is 1. The van der Waals surface area contributed by atoms with Gasteiger partial charge in [-0.3, -0.25) is 10.1 Å². The molecule has 1 atom stereocenters. The van der Waals surface area contributed by atoms with Crippen LogP contribution in [0.1, 0.15) is 16.5 Å². The molecule has 0 aliphatic heterocycles. The van der Waals surface area contributed by atoms with Gasteiger partial charge in [-0.1, -0.05) is 18.2 Å². The van der Waals surface area contributed by atoms with E-state index in [-0.39, 0.29) is 24.5 Å². The molecule has 0 fully saturated rings. The van der Waals surface area contributed by atoms with Crippen LogP contribution < -0.4 is 5.32 Å². The van der Waals surface area contributed by atoms with Crippen molar-refractivity contribution in [1.82, 2.24) is 5.32 Å². The third kappa shape index (κ3) is 3.53. The van der Waals surface area contributed by atoms with E-state index in [2.05, 4.69) is 5.32 Å². The Morgan fingerprint density at radius 1 is 1.21 bits per heavy atom. The zero-order valence-corrected chi connectivity index (χ0v) is 13.5. The summed E-state index contributed by atoms with van der Waals surface area (Å²) < 4.78 is 1.11. The van der Waals surface area contributed by atoms with Crippen molar-refractivity contribution < 1.29 is 15.1 Å². The molecule has 0 aliphatic rings. The summed E-state index contributed by atoms with van der Waals surface area (Å²) in [5, 5.41) is 35.0. The minimum Gasteiger partial charge on any atom is -0.508 e. The lowest BCUT2D eigenvalue weighted by Gasteiger charge is -2.11. The smallest absolute Gasteiger partial charge is 0.270 e. The first-order valence-corrected chi connectivity index (χ1v) is 8.20. The highest BCUT2D eigenvalue weighted by Crippen LogP contribution is 2.29. The second kappa shape index (κ2) is 6.96. The standard InChI is InChI=1S/C17H16N2O4S/c20-14-6-5-13(19(22)23)7-12(14)9-18-10-15(21)17-8-11-3-1-2-4-16(11)24-17/h1-8,15,18,20-21H,9-10H2. The van der Waals surface area contributed by atoms with Crippen molar-refractivity contribution in [2.45, 2.75) is 12.6 Å². The highest BCUT2D eigenvalue weighted by Gasteiger charge is 2.13. The second-order valence-corrected chi connectivity index (χ2v) is 6.52. The largest absolute Gasteiger partial charge is 0.508 e. The molecule has 1 heterocycles. The maximum absolute atomic E-state index is 10.8. The van der Waals surface area contributed by atoms with Crippen molar-refractivity contribution in [3.63, 3.8) is 0 Å². The first-order chi connectivity index (χ1) is 11.5. The molecule has 1 unspecified atom stereocenters. The van der Waals surface area contributed by atoms with Crippen LogP contribution in [-0.2, 0) is 6.54 Å². The first-order valence-electron chi connectivity index (χ1n) is 7.38. The van der Waals surface area contributed by atoms with Crippen LogP contribution in [0, 0.1) is 10.1 Å². The van der Waals surface area contributed by atoms with Gasteiger partial charge < -0.3 is 15.5 Å². The highest BCUT2D eigenvalue weighted by atomic mass is 32.1. The Morgan fingerprint density at radius 3 is 2.75 bits per heavy atom. The van der Waals surface area contributed by atoms with Gasteiger partial charge in [-0.15, -0.1) is 11.3 Å². The predicted octanol–water partition coefficient (Wildman–Crippen LogP) is 3.34. The van der Waals surface area contributed by atoms with Crippen LogP contribution in [-0.4, -0.2) is 21.7 Å². The number of hydrogen-bond acceptors (Lipinski definition) is 6. The Morgan fingerprint density at radius 2 is 2.00 bits per heavy atom. The van der Waals surface area contributed by atoms with Crippen LogP contribution in [0.15, 0.2) is 48.5 Å². The number of aromatic hydroxyl groups is 1. The number of rotatable bonds is 6. The average molecular weight is 344 g/mol. The van der Waals surface area contributed by atoms with Crippen LogP contribution in [0.25, 0.3) is 10.1 Å². The lowest BCUT2D eigenvalue weighted by atomic mass is 10.1. The zero-order valence-electron chi connectivity index (χ0n) is 12.7. The summed E-state index contributed by atoms with van der Waals surface area (Å²) in [4.78, 5) is 11.1. The number of nitro benzene ring substituents is 1. The molecule has 2 aromatic carbocycles. The van der Waals surface area contributed by atoms with Crippen LogP contribution in [0.4, 0.5) is 5.69 Å². The van der Waals surface area contributed by atoms with Crippen molar-refractivity contribution in [3.05, 3.63) is 69.1 Å². The monoisotopic (exact) mass is 344 g/mol. The summed E-state index contributed by atoms with van der Waals surface area (Å²) in [7, 11) is 0. The normalized spacial score (nSPS) is 12.4. The van der Waals surface area contributed by atoms with Gasteiger partial charge in [0.1, 0.15) is 11.9 Å². The summed E-state index contributed by atoms with van der Waals surface area (Å²) >= 11 is 1.53. The summed E-state index contributed by atoms with van der Waals surface area (Å²) in [5.41, 5.74) is 0.349. The molecule has 0 saturated carbocycles. The van der Waals surface area contributed by atoms with Crippen LogP contribution in [0.5, 0.6) is 5.75 Å². The predicted molar refractivity (Wildman–Crippen MR) is 93.3 cm³/mol. The third-order valence-electron chi connectivity index (χ3n) is 3.70. The fourth-order valence-electron chi connectivity index (χ4n) is 2.44. The number of nitrogens with one attached hydrogen (secondary N) is 1. The quantitative estimate of drug-likeness (QED) is 0.471. The lowest BCUT2D eigenvalue weighted by molar-refractivity contribution is -0.384. The molecule has 3 aromatic rings. The molecule has 0 spiro atoms. The molecule has 7 heteroatoms. The average Bonchev–Trinajstić information content (AvgIpc) is 3.00. The topological polar surface area (TPSA) is 95.6 Å². The van der Waals surface area contributed by atoms with Crippen molar-refractivity contribution in [1.29, 1.82) is 0 Å². The number of aliphatic hydroxyl groups is 1. The zero-order chi connectivity index (χ0) is 17.1.